The summed E-state index contributed by atoms with van der Waals surface area (Å²) in [6, 6.07) is 9.17. The molecule has 0 aliphatic heterocycles. The minimum absolute atomic E-state index is 0.143. The second-order valence-electron chi connectivity index (χ2n) is 5.12. The average Bonchev–Trinajstić information content (AvgIpc) is 2.59. The second kappa shape index (κ2) is 7.54. The molecule has 0 saturated carbocycles. The molecule has 6 nitrogen and oxygen atoms in total. The van der Waals surface area contributed by atoms with Crippen LogP contribution in [0.2, 0.25) is 0 Å². The van der Waals surface area contributed by atoms with Gasteiger partial charge in [0.15, 0.2) is 0 Å². The van der Waals surface area contributed by atoms with E-state index in [1.54, 1.807) is 43.6 Å². The highest BCUT2D eigenvalue weighted by Crippen LogP contribution is 2.23. The van der Waals surface area contributed by atoms with Crippen LogP contribution in [0.4, 0.5) is 0 Å². The number of hydrogen-bond donors (Lipinski definition) is 1. The predicted octanol–water partition coefficient (Wildman–Crippen LogP) is 1.66. The third-order valence-electron chi connectivity index (χ3n) is 3.48. The average molecular weight is 336 g/mol. The zero-order chi connectivity index (χ0) is 16.9. The van der Waals surface area contributed by atoms with Crippen molar-refractivity contribution in [1.82, 2.24) is 9.29 Å². The Hall–Kier alpha value is -1.96. The first-order valence-corrected chi connectivity index (χ1v) is 8.58. The minimum atomic E-state index is -3.75. The lowest BCUT2D eigenvalue weighted by Gasteiger charge is -2.27. The molecule has 7 heteroatoms. The number of hydrogen-bond acceptors (Lipinski definition) is 5. The van der Waals surface area contributed by atoms with Gasteiger partial charge < -0.3 is 9.84 Å². The van der Waals surface area contributed by atoms with Crippen LogP contribution in [0.25, 0.3) is 0 Å². The maximum absolute atomic E-state index is 12.9. The number of pyridine rings is 1. The lowest BCUT2D eigenvalue weighted by molar-refractivity contribution is 0.194. The molecule has 0 spiro atoms. The molecule has 1 aromatic carbocycles. The summed E-state index contributed by atoms with van der Waals surface area (Å²) in [6.07, 6.45) is 3.24. The van der Waals surface area contributed by atoms with Crippen LogP contribution in [0.5, 0.6) is 5.75 Å². The molecule has 0 aliphatic carbocycles. The first kappa shape index (κ1) is 17.4. The van der Waals surface area contributed by atoms with Gasteiger partial charge >= 0.3 is 0 Å². The van der Waals surface area contributed by atoms with E-state index in [2.05, 4.69) is 4.98 Å². The van der Waals surface area contributed by atoms with Crippen molar-refractivity contribution in [3.63, 3.8) is 0 Å². The number of benzene rings is 1. The van der Waals surface area contributed by atoms with Gasteiger partial charge in [-0.05, 0) is 42.8 Å². The summed E-state index contributed by atoms with van der Waals surface area (Å²) in [4.78, 5) is 4.15. The molecule has 23 heavy (non-hydrogen) atoms. The van der Waals surface area contributed by atoms with Crippen LogP contribution in [0.3, 0.4) is 0 Å². The summed E-state index contributed by atoms with van der Waals surface area (Å²) in [7, 11) is -2.23. The van der Waals surface area contributed by atoms with Crippen molar-refractivity contribution in [2.75, 3.05) is 13.7 Å². The lowest BCUT2D eigenvalue weighted by Crippen LogP contribution is -2.40. The topological polar surface area (TPSA) is 79.7 Å². The molecule has 0 radical (unpaired) electrons. The summed E-state index contributed by atoms with van der Waals surface area (Å²) >= 11 is 0. The van der Waals surface area contributed by atoms with E-state index in [1.807, 2.05) is 0 Å². The molecule has 0 fully saturated rings. The number of aliphatic hydroxyl groups is 1. The Bertz CT molecular complexity index is 718. The number of ether oxygens (including phenoxy) is 1. The Balaban J connectivity index is 2.36. The lowest BCUT2D eigenvalue weighted by atomic mass is 10.2. The molecule has 1 heterocycles. The molecule has 0 bridgehead atoms. The van der Waals surface area contributed by atoms with E-state index in [-0.39, 0.29) is 18.0 Å². The zero-order valence-corrected chi connectivity index (χ0v) is 13.9. The standard InChI is InChI=1S/C16H20N2O4S/c1-13(12-19)18(11-14-4-3-9-17-10-14)23(20,21)16-7-5-15(22-2)6-8-16/h3-10,13,19H,11-12H2,1-2H3/t13-/m1/s1. The quantitative estimate of drug-likeness (QED) is 0.832. The van der Waals surface area contributed by atoms with Crippen LogP contribution in [0.1, 0.15) is 12.5 Å². The third-order valence-corrected chi connectivity index (χ3v) is 5.46. The third kappa shape index (κ3) is 4.07. The monoisotopic (exact) mass is 336 g/mol. The van der Waals surface area contributed by atoms with Gasteiger partial charge in [-0.15, -0.1) is 0 Å². The highest BCUT2D eigenvalue weighted by Gasteiger charge is 2.29. The van der Waals surface area contributed by atoms with Gasteiger partial charge in [-0.2, -0.15) is 4.31 Å². The number of methoxy groups -OCH3 is 1. The van der Waals surface area contributed by atoms with E-state index in [9.17, 15) is 13.5 Å². The first-order valence-electron chi connectivity index (χ1n) is 7.14. The summed E-state index contributed by atoms with van der Waals surface area (Å²) in [5, 5.41) is 9.43. The second-order valence-corrected chi connectivity index (χ2v) is 7.01. The molecule has 1 N–H and O–H groups in total. The van der Waals surface area contributed by atoms with Crippen molar-refractivity contribution in [3.8, 4) is 5.75 Å². The van der Waals surface area contributed by atoms with Gasteiger partial charge in [0.25, 0.3) is 0 Å². The van der Waals surface area contributed by atoms with Crippen molar-refractivity contribution in [1.29, 1.82) is 0 Å². The van der Waals surface area contributed by atoms with Crippen LogP contribution in [0, 0.1) is 0 Å². The number of aliphatic hydroxyl groups excluding tert-OH is 1. The van der Waals surface area contributed by atoms with Gasteiger partial charge in [-0.25, -0.2) is 8.42 Å². The maximum Gasteiger partial charge on any atom is 0.243 e. The molecule has 0 unspecified atom stereocenters. The number of rotatable bonds is 7. The Morgan fingerprint density at radius 3 is 2.48 bits per heavy atom. The summed E-state index contributed by atoms with van der Waals surface area (Å²) in [6.45, 7) is 1.54. The molecular weight excluding hydrogens is 316 g/mol. The summed E-state index contributed by atoms with van der Waals surface area (Å²) < 4.78 is 32.1. The van der Waals surface area contributed by atoms with E-state index in [4.69, 9.17) is 4.74 Å². The van der Waals surface area contributed by atoms with Gasteiger partial charge in [-0.3, -0.25) is 4.98 Å². The maximum atomic E-state index is 12.9. The fourth-order valence-electron chi connectivity index (χ4n) is 2.12. The Kier molecular flexibility index (Phi) is 5.70. The number of nitrogens with zero attached hydrogens (tertiary/aromatic N) is 2. The Labute approximate surface area is 136 Å². The number of aromatic nitrogens is 1. The van der Waals surface area contributed by atoms with Crippen molar-refractivity contribution < 1.29 is 18.3 Å². The van der Waals surface area contributed by atoms with Gasteiger partial charge in [0, 0.05) is 25.0 Å². The molecule has 0 saturated heterocycles. The summed E-state index contributed by atoms with van der Waals surface area (Å²) in [5.41, 5.74) is 0.755. The molecule has 124 valence electrons. The highest BCUT2D eigenvalue weighted by molar-refractivity contribution is 7.89. The summed E-state index contributed by atoms with van der Waals surface area (Å²) in [5.74, 6) is 0.581. The largest absolute Gasteiger partial charge is 0.497 e. The predicted molar refractivity (Wildman–Crippen MR) is 86.5 cm³/mol. The molecule has 0 amide bonds. The highest BCUT2D eigenvalue weighted by atomic mass is 32.2. The normalized spacial score (nSPS) is 13.0. The van der Waals surface area contributed by atoms with Crippen molar-refractivity contribution in [2.45, 2.75) is 24.4 Å². The van der Waals surface area contributed by atoms with Gasteiger partial charge in [0.1, 0.15) is 5.75 Å². The van der Waals surface area contributed by atoms with Crippen molar-refractivity contribution in [2.24, 2.45) is 0 Å². The fraction of sp³-hybridized carbons (Fsp3) is 0.312. The van der Waals surface area contributed by atoms with E-state index in [1.165, 1.54) is 23.5 Å². The Morgan fingerprint density at radius 1 is 1.26 bits per heavy atom. The molecule has 0 aliphatic rings. The van der Waals surface area contributed by atoms with E-state index >= 15 is 0 Å². The van der Waals surface area contributed by atoms with Crippen LogP contribution in [-0.2, 0) is 16.6 Å². The van der Waals surface area contributed by atoms with Crippen molar-refractivity contribution >= 4 is 10.0 Å². The van der Waals surface area contributed by atoms with Crippen LogP contribution in [-0.4, -0.2) is 42.6 Å². The van der Waals surface area contributed by atoms with E-state index in [0.29, 0.717) is 5.75 Å². The minimum Gasteiger partial charge on any atom is -0.497 e. The van der Waals surface area contributed by atoms with E-state index < -0.39 is 16.1 Å². The molecular formula is C16H20N2O4S. The van der Waals surface area contributed by atoms with E-state index in [0.717, 1.165) is 5.56 Å². The SMILES string of the molecule is COc1ccc(S(=O)(=O)N(Cc2cccnc2)[C@H](C)CO)cc1. The van der Waals surface area contributed by atoms with Gasteiger partial charge in [-0.1, -0.05) is 6.07 Å². The van der Waals surface area contributed by atoms with Crippen LogP contribution >= 0.6 is 0 Å². The molecule has 2 rings (SSSR count). The Morgan fingerprint density at radius 2 is 1.96 bits per heavy atom. The van der Waals surface area contributed by atoms with Gasteiger partial charge in [0.05, 0.1) is 18.6 Å². The fourth-order valence-corrected chi connectivity index (χ4v) is 3.73. The van der Waals surface area contributed by atoms with Crippen LogP contribution < -0.4 is 4.74 Å². The molecule has 2 aromatic rings. The molecule has 1 atom stereocenters. The van der Waals surface area contributed by atoms with Crippen molar-refractivity contribution in [3.05, 3.63) is 54.4 Å². The number of sulfonamides is 1. The van der Waals surface area contributed by atoms with Gasteiger partial charge in [0.2, 0.25) is 10.0 Å². The smallest absolute Gasteiger partial charge is 0.243 e. The first-order chi connectivity index (χ1) is 11.0. The molecule has 1 aromatic heterocycles. The zero-order valence-electron chi connectivity index (χ0n) is 13.1. The van der Waals surface area contributed by atoms with Crippen LogP contribution in [0.15, 0.2) is 53.7 Å².